The molecule has 0 aliphatic rings. The van der Waals surface area contributed by atoms with Gasteiger partial charge in [0, 0.05) is 16.7 Å². The van der Waals surface area contributed by atoms with Gasteiger partial charge in [-0.25, -0.2) is 0 Å². The van der Waals surface area contributed by atoms with Crippen LogP contribution in [0.25, 0.3) is 5.65 Å². The molecule has 0 aliphatic carbocycles. The van der Waals surface area contributed by atoms with Crippen LogP contribution in [0.15, 0.2) is 47.5 Å². The fourth-order valence-corrected chi connectivity index (χ4v) is 2.77. The minimum Gasteiger partial charge on any atom is -0.345 e. The number of pyridine rings is 1. The number of alkyl halides is 5. The van der Waals surface area contributed by atoms with Gasteiger partial charge in [0.1, 0.15) is 0 Å². The van der Waals surface area contributed by atoms with E-state index in [9.17, 15) is 26.7 Å². The molecule has 1 aromatic carbocycles. The quantitative estimate of drug-likeness (QED) is 0.518. The van der Waals surface area contributed by atoms with Crippen LogP contribution in [0.1, 0.15) is 21.7 Å². The molecule has 0 atom stereocenters. The molecule has 0 bridgehead atoms. The summed E-state index contributed by atoms with van der Waals surface area (Å²) in [5, 5.41) is 10.0. The van der Waals surface area contributed by atoms with Crippen molar-refractivity contribution in [1.29, 1.82) is 0 Å². The largest absolute Gasteiger partial charge is 0.417 e. The number of carbonyl (C=O) groups is 1. The maximum atomic E-state index is 12.8. The van der Waals surface area contributed by atoms with E-state index in [1.807, 2.05) is 0 Å². The van der Waals surface area contributed by atoms with Crippen molar-refractivity contribution in [2.45, 2.75) is 23.4 Å². The Hall–Kier alpha value is -2.69. The predicted octanol–water partition coefficient (Wildman–Crippen LogP) is 3.99. The zero-order chi connectivity index (χ0) is 19.6. The maximum Gasteiger partial charge on any atom is 0.417 e. The van der Waals surface area contributed by atoms with Crippen LogP contribution in [-0.4, -0.2) is 26.3 Å². The summed E-state index contributed by atoms with van der Waals surface area (Å²) in [6.07, 6.45) is -3.66. The SMILES string of the molecule is O=C(NCc1nnc2ccc(C(F)(F)F)cn12)c1ccc(SC(F)F)cc1. The lowest BCUT2D eigenvalue weighted by atomic mass is 10.2. The molecule has 0 saturated carbocycles. The van der Waals surface area contributed by atoms with Gasteiger partial charge in [0.2, 0.25) is 0 Å². The Kier molecular flexibility index (Phi) is 5.31. The van der Waals surface area contributed by atoms with Gasteiger partial charge in [-0.05, 0) is 36.4 Å². The molecule has 2 aromatic heterocycles. The molecule has 1 N–H and O–H groups in total. The molecule has 11 heteroatoms. The van der Waals surface area contributed by atoms with Crippen molar-refractivity contribution in [2.75, 3.05) is 0 Å². The molecule has 3 rings (SSSR count). The van der Waals surface area contributed by atoms with Gasteiger partial charge < -0.3 is 5.32 Å². The number of aromatic nitrogens is 3. The fourth-order valence-electron chi connectivity index (χ4n) is 2.28. The summed E-state index contributed by atoms with van der Waals surface area (Å²) in [5.41, 5.74) is -0.437. The molecule has 0 unspecified atom stereocenters. The number of hydrogen-bond donors (Lipinski definition) is 1. The smallest absolute Gasteiger partial charge is 0.345 e. The molecular formula is C16H11F5N4OS. The van der Waals surface area contributed by atoms with Crippen molar-refractivity contribution in [3.05, 3.63) is 59.5 Å². The summed E-state index contributed by atoms with van der Waals surface area (Å²) in [6.45, 7) is -0.158. The number of halogens is 5. The van der Waals surface area contributed by atoms with Crippen LogP contribution < -0.4 is 5.32 Å². The van der Waals surface area contributed by atoms with E-state index in [1.54, 1.807) is 0 Å². The van der Waals surface area contributed by atoms with E-state index in [0.717, 1.165) is 16.7 Å². The average molecular weight is 402 g/mol. The minimum atomic E-state index is -4.52. The van der Waals surface area contributed by atoms with Crippen molar-refractivity contribution in [3.63, 3.8) is 0 Å². The summed E-state index contributed by atoms with van der Waals surface area (Å²) in [7, 11) is 0. The van der Waals surface area contributed by atoms with E-state index >= 15 is 0 Å². The van der Waals surface area contributed by atoms with Crippen LogP contribution in [0, 0.1) is 0 Å². The van der Waals surface area contributed by atoms with E-state index in [2.05, 4.69) is 15.5 Å². The minimum absolute atomic E-state index is 0.120. The third-order valence-electron chi connectivity index (χ3n) is 3.55. The number of nitrogens with one attached hydrogen (secondary N) is 1. The van der Waals surface area contributed by atoms with Gasteiger partial charge in [-0.1, -0.05) is 11.8 Å². The van der Waals surface area contributed by atoms with Gasteiger partial charge in [-0.3, -0.25) is 9.20 Å². The summed E-state index contributed by atoms with van der Waals surface area (Å²) >= 11 is 0.356. The van der Waals surface area contributed by atoms with E-state index in [0.29, 0.717) is 16.7 Å². The molecule has 3 aromatic rings. The molecule has 27 heavy (non-hydrogen) atoms. The zero-order valence-corrected chi connectivity index (χ0v) is 14.2. The molecule has 0 fully saturated rings. The molecule has 0 saturated heterocycles. The lowest BCUT2D eigenvalue weighted by molar-refractivity contribution is -0.137. The molecule has 0 spiro atoms. The third-order valence-corrected chi connectivity index (χ3v) is 4.27. The van der Waals surface area contributed by atoms with E-state index in [1.165, 1.54) is 30.3 Å². The Labute approximate surface area is 153 Å². The highest BCUT2D eigenvalue weighted by Crippen LogP contribution is 2.29. The Morgan fingerprint density at radius 1 is 1.11 bits per heavy atom. The highest BCUT2D eigenvalue weighted by atomic mass is 32.2. The second-order valence-corrected chi connectivity index (χ2v) is 6.41. The predicted molar refractivity (Wildman–Crippen MR) is 87.5 cm³/mol. The molecule has 1 amide bonds. The monoisotopic (exact) mass is 402 g/mol. The van der Waals surface area contributed by atoms with Crippen LogP contribution >= 0.6 is 11.8 Å². The lowest BCUT2D eigenvalue weighted by Gasteiger charge is -2.08. The standard InChI is InChI=1S/C16H11F5N4OS/c17-15(18)27-11-4-1-9(2-5-11)14(26)22-7-13-24-23-12-6-3-10(8-25(12)13)16(19,20)21/h1-6,8,15H,7H2,(H,22,26). The molecule has 0 radical (unpaired) electrons. The number of carbonyl (C=O) groups excluding carboxylic acids is 1. The van der Waals surface area contributed by atoms with Crippen LogP contribution in [-0.2, 0) is 12.7 Å². The van der Waals surface area contributed by atoms with Gasteiger partial charge in [0.25, 0.3) is 11.7 Å². The topological polar surface area (TPSA) is 59.3 Å². The first-order valence-electron chi connectivity index (χ1n) is 7.48. The number of benzene rings is 1. The molecule has 5 nitrogen and oxygen atoms in total. The van der Waals surface area contributed by atoms with Crippen LogP contribution in [0.4, 0.5) is 22.0 Å². The fraction of sp³-hybridized carbons (Fsp3) is 0.188. The summed E-state index contributed by atoms with van der Waals surface area (Å²) in [6, 6.07) is 7.60. The Morgan fingerprint density at radius 3 is 2.44 bits per heavy atom. The maximum absolute atomic E-state index is 12.8. The molecular weight excluding hydrogens is 391 g/mol. The third kappa shape index (κ3) is 4.54. The number of amides is 1. The number of rotatable bonds is 5. The first kappa shape index (κ1) is 19.1. The lowest BCUT2D eigenvalue weighted by Crippen LogP contribution is -2.24. The van der Waals surface area contributed by atoms with Crippen molar-refractivity contribution < 1.29 is 26.7 Å². The average Bonchev–Trinajstić information content (AvgIpc) is 3.01. The van der Waals surface area contributed by atoms with Crippen molar-refractivity contribution in [2.24, 2.45) is 0 Å². The first-order valence-corrected chi connectivity index (χ1v) is 8.36. The second-order valence-electron chi connectivity index (χ2n) is 5.35. The van der Waals surface area contributed by atoms with Crippen LogP contribution in [0.3, 0.4) is 0 Å². The van der Waals surface area contributed by atoms with Crippen LogP contribution in [0.5, 0.6) is 0 Å². The van der Waals surface area contributed by atoms with Gasteiger partial charge in [-0.15, -0.1) is 10.2 Å². The van der Waals surface area contributed by atoms with Gasteiger partial charge >= 0.3 is 6.18 Å². The van der Waals surface area contributed by atoms with Crippen molar-refractivity contribution in [1.82, 2.24) is 19.9 Å². The molecule has 142 valence electrons. The highest BCUT2D eigenvalue weighted by Gasteiger charge is 2.31. The number of thioether (sulfide) groups is 1. The van der Waals surface area contributed by atoms with E-state index in [-0.39, 0.29) is 23.6 Å². The van der Waals surface area contributed by atoms with Crippen molar-refractivity contribution >= 4 is 23.3 Å². The summed E-state index contributed by atoms with van der Waals surface area (Å²) in [4.78, 5) is 12.4. The number of nitrogens with zero attached hydrogens (tertiary/aromatic N) is 3. The van der Waals surface area contributed by atoms with Gasteiger partial charge in [0.15, 0.2) is 11.5 Å². The van der Waals surface area contributed by atoms with E-state index in [4.69, 9.17) is 0 Å². The van der Waals surface area contributed by atoms with Gasteiger partial charge in [-0.2, -0.15) is 22.0 Å². The van der Waals surface area contributed by atoms with Crippen molar-refractivity contribution in [3.8, 4) is 0 Å². The van der Waals surface area contributed by atoms with E-state index < -0.39 is 23.4 Å². The zero-order valence-electron chi connectivity index (χ0n) is 13.4. The first-order chi connectivity index (χ1) is 12.7. The van der Waals surface area contributed by atoms with Gasteiger partial charge in [0.05, 0.1) is 12.1 Å². The molecule has 2 heterocycles. The second kappa shape index (κ2) is 7.51. The normalized spacial score (nSPS) is 11.9. The Morgan fingerprint density at radius 2 is 1.81 bits per heavy atom. The number of fused-ring (bicyclic) bond motifs is 1. The number of hydrogen-bond acceptors (Lipinski definition) is 4. The van der Waals surface area contributed by atoms with Crippen LogP contribution in [0.2, 0.25) is 0 Å². The Bertz CT molecular complexity index is 956. The molecule has 0 aliphatic heterocycles. The Balaban J connectivity index is 1.71. The summed E-state index contributed by atoms with van der Waals surface area (Å²) < 4.78 is 64.2. The highest BCUT2D eigenvalue weighted by molar-refractivity contribution is 7.99. The summed E-state index contributed by atoms with van der Waals surface area (Å²) in [5.74, 6) is -2.96.